The van der Waals surface area contributed by atoms with Crippen molar-refractivity contribution in [1.29, 1.82) is 0 Å². The second kappa shape index (κ2) is 34.0. The molecular weight excluding hydrogens is 361 g/mol. The van der Waals surface area contributed by atoms with Gasteiger partial charge in [0, 0.05) is 53.8 Å². The molecule has 0 atom stereocenters. The topological polar surface area (TPSA) is 17.1 Å². The molecule has 0 fully saturated rings. The van der Waals surface area contributed by atoms with E-state index in [0.29, 0.717) is 0 Å². The Kier molecular flexibility index (Phi) is 84.8. The predicted molar refractivity (Wildman–Crippen MR) is 31.6 cm³/mol. The Morgan fingerprint density at radius 2 is 1.67 bits per heavy atom. The largest absolute Gasteiger partial charge is 0.542 e. The molecule has 0 aromatic carbocycles. The molecule has 0 aliphatic carbocycles. The van der Waals surface area contributed by atoms with Crippen molar-refractivity contribution in [1.82, 2.24) is 0 Å². The van der Waals surface area contributed by atoms with Crippen LogP contribution in [0.3, 0.4) is 0 Å². The van der Waals surface area contributed by atoms with E-state index in [-0.39, 0.29) is 53.8 Å². The molecule has 0 rings (SSSR count). The Morgan fingerprint density at radius 3 is 1.67 bits per heavy atom. The predicted octanol–water partition coefficient (Wildman–Crippen LogP) is 1.73. The van der Waals surface area contributed by atoms with Gasteiger partial charge in [-0.2, -0.15) is 13.3 Å². The summed E-state index contributed by atoms with van der Waals surface area (Å²) in [5.41, 5.74) is 0. The molecular formula is C6H12OWY-2. The molecule has 0 heterocycles. The van der Waals surface area contributed by atoms with Crippen molar-refractivity contribution in [2.24, 2.45) is 0 Å². The van der Waals surface area contributed by atoms with Crippen LogP contribution in [0.5, 0.6) is 0 Å². The Morgan fingerprint density at radius 1 is 1.56 bits per heavy atom. The van der Waals surface area contributed by atoms with Gasteiger partial charge in [0.1, 0.15) is 0 Å². The zero-order valence-corrected chi connectivity index (χ0v) is 11.8. The molecule has 53 valence electrons. The van der Waals surface area contributed by atoms with E-state index in [1.54, 1.807) is 0 Å². The minimum absolute atomic E-state index is 0. The van der Waals surface area contributed by atoms with Crippen LogP contribution in [0.4, 0.5) is 0 Å². The fourth-order valence-corrected chi connectivity index (χ4v) is 0. The molecule has 9 heavy (non-hydrogen) atoms. The number of unbranched alkanes of at least 4 members (excludes halogenated alkanes) is 1. The summed E-state index contributed by atoms with van der Waals surface area (Å²) >= 11 is 0. The third-order valence-electron chi connectivity index (χ3n) is 0.354. The third kappa shape index (κ3) is 86.9. The molecule has 0 unspecified atom stereocenters. The first-order valence-electron chi connectivity index (χ1n) is 2.41. The van der Waals surface area contributed by atoms with Crippen LogP contribution < -0.4 is 0 Å². The summed E-state index contributed by atoms with van der Waals surface area (Å²) in [5, 5.41) is 0. The normalized spacial score (nSPS) is 4.78. The first-order chi connectivity index (χ1) is 3.33. The van der Waals surface area contributed by atoms with E-state index in [1.807, 2.05) is 0 Å². The summed E-state index contributed by atoms with van der Waals surface area (Å²) in [5.74, 6) is 0. The minimum Gasteiger partial charge on any atom is -0.542 e. The van der Waals surface area contributed by atoms with Crippen molar-refractivity contribution in [3.05, 3.63) is 6.92 Å². The van der Waals surface area contributed by atoms with Crippen LogP contribution in [0.1, 0.15) is 26.7 Å². The minimum atomic E-state index is 0. The first kappa shape index (κ1) is 22.4. The van der Waals surface area contributed by atoms with Crippen molar-refractivity contribution < 1.29 is 58.6 Å². The van der Waals surface area contributed by atoms with E-state index in [9.17, 15) is 0 Å². The van der Waals surface area contributed by atoms with Gasteiger partial charge in [-0.3, -0.25) is 6.29 Å². The summed E-state index contributed by atoms with van der Waals surface area (Å²) in [6.07, 6.45) is 3.78. The maximum atomic E-state index is 8.68. The summed E-state index contributed by atoms with van der Waals surface area (Å²) in [4.78, 5) is 8.68. The van der Waals surface area contributed by atoms with Gasteiger partial charge in [0.25, 0.3) is 0 Å². The van der Waals surface area contributed by atoms with E-state index in [1.165, 1.54) is 19.6 Å². The zero-order chi connectivity index (χ0) is 6.12. The zero-order valence-electron chi connectivity index (χ0n) is 6.02. The molecule has 0 aromatic rings. The Balaban J connectivity index is -0.0000000233. The van der Waals surface area contributed by atoms with Crippen LogP contribution >= 0.6 is 0 Å². The van der Waals surface area contributed by atoms with E-state index in [4.69, 9.17) is 4.79 Å². The third-order valence-corrected chi connectivity index (χ3v) is 0.354. The summed E-state index contributed by atoms with van der Waals surface area (Å²) in [6.45, 7) is 7.04. The number of hydrogen-bond acceptors (Lipinski definition) is 1. The van der Waals surface area contributed by atoms with Gasteiger partial charge >= 0.3 is 0 Å². The first-order valence-corrected chi connectivity index (χ1v) is 2.41. The second-order valence-electron chi connectivity index (χ2n) is 1.06. The van der Waals surface area contributed by atoms with Crippen molar-refractivity contribution >= 4 is 6.29 Å². The van der Waals surface area contributed by atoms with E-state index < -0.39 is 0 Å². The standard InChI is InChI=1S/C4H9.C2H3O.W.Y/c1-3-4-2;1-2-3;;/h1,3-4H2,2H3;1H3;;/q2*-1;;. The Hall–Kier alpha value is 1.46. The van der Waals surface area contributed by atoms with Gasteiger partial charge in [0.15, 0.2) is 0 Å². The fourth-order valence-electron chi connectivity index (χ4n) is 0. The maximum absolute atomic E-state index is 8.68. The number of carbonyl (C=O) groups excluding carboxylic acids is 1. The van der Waals surface area contributed by atoms with Gasteiger partial charge in [-0.05, 0) is 0 Å². The molecule has 1 nitrogen and oxygen atoms in total. The quantitative estimate of drug-likeness (QED) is 0.641. The van der Waals surface area contributed by atoms with Crippen LogP contribution in [0.2, 0.25) is 0 Å². The van der Waals surface area contributed by atoms with E-state index >= 15 is 0 Å². The molecule has 0 bridgehead atoms. The molecule has 3 heteroatoms. The van der Waals surface area contributed by atoms with Crippen molar-refractivity contribution in [2.75, 3.05) is 0 Å². The average Bonchev–Trinajstić information content (AvgIpc) is 1.69. The van der Waals surface area contributed by atoms with Crippen molar-refractivity contribution in [3.8, 4) is 0 Å². The molecule has 0 aliphatic rings. The van der Waals surface area contributed by atoms with Crippen molar-refractivity contribution in [2.45, 2.75) is 26.7 Å². The summed E-state index contributed by atoms with van der Waals surface area (Å²) in [6, 6.07) is 0. The number of rotatable bonds is 1. The second-order valence-corrected chi connectivity index (χ2v) is 1.06. The maximum Gasteiger partial charge on any atom is 0 e. The van der Waals surface area contributed by atoms with Crippen LogP contribution in [0.15, 0.2) is 0 Å². The van der Waals surface area contributed by atoms with Gasteiger partial charge in [-0.1, -0.05) is 13.3 Å². The van der Waals surface area contributed by atoms with E-state index in [2.05, 4.69) is 13.8 Å². The molecule has 0 amide bonds. The summed E-state index contributed by atoms with van der Waals surface area (Å²) in [7, 11) is 0. The SMILES string of the molecule is C[C-]=O.[CH2-]CCC.[W].[Y]. The molecule has 1 radical (unpaired) electrons. The van der Waals surface area contributed by atoms with Gasteiger partial charge in [0.2, 0.25) is 0 Å². The van der Waals surface area contributed by atoms with Crippen molar-refractivity contribution in [3.63, 3.8) is 0 Å². The van der Waals surface area contributed by atoms with Crippen LogP contribution in [0.25, 0.3) is 0 Å². The fraction of sp³-hybridized carbons (Fsp3) is 0.667. The summed E-state index contributed by atoms with van der Waals surface area (Å²) < 4.78 is 0. The van der Waals surface area contributed by atoms with Gasteiger partial charge in [-0.15, -0.1) is 0 Å². The van der Waals surface area contributed by atoms with Gasteiger partial charge in [-0.25, -0.2) is 0 Å². The van der Waals surface area contributed by atoms with Gasteiger partial charge in [0.05, 0.1) is 0 Å². The van der Waals surface area contributed by atoms with Gasteiger partial charge < -0.3 is 11.7 Å². The average molecular weight is 373 g/mol. The monoisotopic (exact) mass is 373 g/mol. The molecule has 0 saturated carbocycles. The molecule has 0 spiro atoms. The van der Waals surface area contributed by atoms with Crippen LogP contribution in [-0.4, -0.2) is 6.29 Å². The van der Waals surface area contributed by atoms with Crippen LogP contribution in [0, 0.1) is 6.92 Å². The molecule has 0 aromatic heterocycles. The molecule has 0 N–H and O–H groups in total. The smallest absolute Gasteiger partial charge is 0 e. The number of hydrogen-bond donors (Lipinski definition) is 0. The molecule has 0 aliphatic heterocycles. The Labute approximate surface area is 97.5 Å². The molecule has 0 saturated heterocycles. The Bertz CT molecular complexity index is 32.2. The van der Waals surface area contributed by atoms with Crippen LogP contribution in [-0.2, 0) is 58.6 Å². The van der Waals surface area contributed by atoms with E-state index in [0.717, 1.165) is 6.42 Å².